The molecule has 6 nitrogen and oxygen atoms in total. The normalized spacial score (nSPS) is 10.9. The van der Waals surface area contributed by atoms with Crippen LogP contribution in [0.25, 0.3) is 11.5 Å². The molecule has 0 aliphatic rings. The molecule has 0 atom stereocenters. The van der Waals surface area contributed by atoms with Crippen molar-refractivity contribution in [3.63, 3.8) is 0 Å². The van der Waals surface area contributed by atoms with Crippen LogP contribution in [0.2, 0.25) is 5.02 Å². The van der Waals surface area contributed by atoms with Crippen LogP contribution in [-0.4, -0.2) is 41.8 Å². The third-order valence-corrected chi connectivity index (χ3v) is 3.14. The van der Waals surface area contributed by atoms with Crippen LogP contribution < -0.4 is 0 Å². The molecule has 0 spiro atoms. The number of aromatic nitrogens is 2. The van der Waals surface area contributed by atoms with Gasteiger partial charge in [0.05, 0.1) is 20.1 Å². The van der Waals surface area contributed by atoms with Crippen LogP contribution in [0.4, 0.5) is 0 Å². The summed E-state index contributed by atoms with van der Waals surface area (Å²) < 4.78 is 10.2. The van der Waals surface area contributed by atoms with Crippen LogP contribution in [0.5, 0.6) is 0 Å². The largest absolute Gasteiger partial charge is 0.469 e. The van der Waals surface area contributed by atoms with E-state index >= 15 is 0 Å². The summed E-state index contributed by atoms with van der Waals surface area (Å²) in [5.41, 5.74) is 0.815. The maximum atomic E-state index is 11.1. The highest BCUT2D eigenvalue weighted by Crippen LogP contribution is 2.20. The van der Waals surface area contributed by atoms with Gasteiger partial charge in [0.25, 0.3) is 0 Å². The fourth-order valence-electron chi connectivity index (χ4n) is 1.72. The second-order valence-electron chi connectivity index (χ2n) is 4.57. The fourth-order valence-corrected chi connectivity index (χ4v) is 1.85. The summed E-state index contributed by atoms with van der Waals surface area (Å²) in [6, 6.07) is 7.17. The summed E-state index contributed by atoms with van der Waals surface area (Å²) >= 11 is 5.83. The van der Waals surface area contributed by atoms with Gasteiger partial charge in [-0.15, -0.1) is 10.2 Å². The van der Waals surface area contributed by atoms with Crippen molar-refractivity contribution >= 4 is 17.6 Å². The molecule has 0 amide bonds. The van der Waals surface area contributed by atoms with E-state index in [9.17, 15) is 4.79 Å². The molecule has 0 N–H and O–H groups in total. The molecule has 112 valence electrons. The Bertz CT molecular complexity index is 598. The number of ether oxygens (including phenoxy) is 1. The van der Waals surface area contributed by atoms with Gasteiger partial charge in [-0.2, -0.15) is 0 Å². The summed E-state index contributed by atoms with van der Waals surface area (Å²) in [5, 5.41) is 8.65. The number of carbonyl (C=O) groups is 1. The highest BCUT2D eigenvalue weighted by Gasteiger charge is 2.11. The van der Waals surface area contributed by atoms with Crippen molar-refractivity contribution in [3.05, 3.63) is 35.2 Å². The average molecular weight is 310 g/mol. The highest BCUT2D eigenvalue weighted by molar-refractivity contribution is 6.30. The van der Waals surface area contributed by atoms with Gasteiger partial charge in [-0.05, 0) is 31.3 Å². The quantitative estimate of drug-likeness (QED) is 0.763. The van der Waals surface area contributed by atoms with E-state index < -0.39 is 0 Å². The lowest BCUT2D eigenvalue weighted by atomic mass is 10.2. The lowest BCUT2D eigenvalue weighted by molar-refractivity contribution is -0.140. The molecule has 0 saturated heterocycles. The molecule has 7 heteroatoms. The van der Waals surface area contributed by atoms with Gasteiger partial charge in [0.2, 0.25) is 11.8 Å². The third-order valence-electron chi connectivity index (χ3n) is 2.89. The summed E-state index contributed by atoms with van der Waals surface area (Å²) in [6.45, 7) is 1.03. The predicted octanol–water partition coefficient (Wildman–Crippen LogP) is 2.38. The molecule has 0 radical (unpaired) electrons. The second-order valence-corrected chi connectivity index (χ2v) is 5.01. The van der Waals surface area contributed by atoms with E-state index in [2.05, 4.69) is 14.9 Å². The van der Waals surface area contributed by atoms with Gasteiger partial charge in [0, 0.05) is 17.1 Å². The van der Waals surface area contributed by atoms with Crippen molar-refractivity contribution in [2.75, 3.05) is 20.7 Å². The number of methoxy groups -OCH3 is 1. The summed E-state index contributed by atoms with van der Waals surface area (Å²) in [4.78, 5) is 13.0. The maximum Gasteiger partial charge on any atom is 0.306 e. The Labute approximate surface area is 127 Å². The molecule has 1 aromatic heterocycles. The molecule has 0 bridgehead atoms. The van der Waals surface area contributed by atoms with E-state index in [1.807, 2.05) is 24.1 Å². The topological polar surface area (TPSA) is 68.5 Å². The number of hydrogen-bond acceptors (Lipinski definition) is 6. The van der Waals surface area contributed by atoms with Crippen molar-refractivity contribution in [2.24, 2.45) is 0 Å². The minimum Gasteiger partial charge on any atom is -0.469 e. The molecule has 2 rings (SSSR count). The van der Waals surface area contributed by atoms with Gasteiger partial charge in [0.15, 0.2) is 0 Å². The zero-order valence-corrected chi connectivity index (χ0v) is 12.6. The van der Waals surface area contributed by atoms with Crippen LogP contribution in [-0.2, 0) is 16.1 Å². The van der Waals surface area contributed by atoms with Gasteiger partial charge < -0.3 is 9.15 Å². The van der Waals surface area contributed by atoms with E-state index in [0.717, 1.165) is 5.56 Å². The van der Waals surface area contributed by atoms with Crippen LogP contribution >= 0.6 is 11.6 Å². The van der Waals surface area contributed by atoms with Gasteiger partial charge in [0.1, 0.15) is 0 Å². The Morgan fingerprint density at radius 1 is 1.33 bits per heavy atom. The first kappa shape index (κ1) is 15.5. The molecule has 0 aliphatic carbocycles. The number of esters is 1. The number of halogens is 1. The first-order chi connectivity index (χ1) is 10.1. The van der Waals surface area contributed by atoms with Crippen molar-refractivity contribution in [1.82, 2.24) is 15.1 Å². The van der Waals surface area contributed by atoms with E-state index in [-0.39, 0.29) is 5.97 Å². The van der Waals surface area contributed by atoms with Crippen LogP contribution in [0.15, 0.2) is 28.7 Å². The number of benzene rings is 1. The minimum atomic E-state index is -0.241. The monoisotopic (exact) mass is 309 g/mol. The van der Waals surface area contributed by atoms with E-state index in [0.29, 0.717) is 36.3 Å². The predicted molar refractivity (Wildman–Crippen MR) is 77.7 cm³/mol. The first-order valence-corrected chi connectivity index (χ1v) is 6.80. The molecule has 0 unspecified atom stereocenters. The van der Waals surface area contributed by atoms with Crippen LogP contribution in [0.1, 0.15) is 12.3 Å². The molecule has 1 heterocycles. The van der Waals surface area contributed by atoms with Crippen molar-refractivity contribution < 1.29 is 13.9 Å². The van der Waals surface area contributed by atoms with Crippen LogP contribution in [0, 0.1) is 0 Å². The Hall–Kier alpha value is -1.92. The van der Waals surface area contributed by atoms with Crippen LogP contribution in [0.3, 0.4) is 0 Å². The zero-order chi connectivity index (χ0) is 15.2. The minimum absolute atomic E-state index is 0.241. The second kappa shape index (κ2) is 7.19. The molecule has 0 fully saturated rings. The zero-order valence-electron chi connectivity index (χ0n) is 11.9. The van der Waals surface area contributed by atoms with Gasteiger partial charge >= 0.3 is 5.97 Å². The summed E-state index contributed by atoms with van der Waals surface area (Å²) in [6.07, 6.45) is 0.325. The van der Waals surface area contributed by atoms with Crippen molar-refractivity contribution in [3.8, 4) is 11.5 Å². The lowest BCUT2D eigenvalue weighted by Gasteiger charge is -2.12. The molecule has 21 heavy (non-hydrogen) atoms. The van der Waals surface area contributed by atoms with Gasteiger partial charge in [-0.25, -0.2) is 0 Å². The van der Waals surface area contributed by atoms with Gasteiger partial charge in [-0.3, -0.25) is 9.69 Å². The Balaban J connectivity index is 1.93. The Morgan fingerprint density at radius 2 is 2.05 bits per heavy atom. The first-order valence-electron chi connectivity index (χ1n) is 6.42. The third kappa shape index (κ3) is 4.54. The SMILES string of the molecule is COC(=O)CCN(C)Cc1nnc(-c2ccc(Cl)cc2)o1. The van der Waals surface area contributed by atoms with E-state index in [1.165, 1.54) is 7.11 Å². The van der Waals surface area contributed by atoms with E-state index in [1.54, 1.807) is 12.1 Å². The molecule has 0 saturated carbocycles. The number of carbonyl (C=O) groups excluding carboxylic acids is 1. The smallest absolute Gasteiger partial charge is 0.306 e. The standard InChI is InChI=1S/C14H16ClN3O3/c1-18(8-7-13(19)20-2)9-12-16-17-14(21-12)10-3-5-11(15)6-4-10/h3-6H,7-9H2,1-2H3. The van der Waals surface area contributed by atoms with Crippen molar-refractivity contribution in [1.29, 1.82) is 0 Å². The Morgan fingerprint density at radius 3 is 2.71 bits per heavy atom. The maximum absolute atomic E-state index is 11.1. The molecular weight excluding hydrogens is 294 g/mol. The number of nitrogens with zero attached hydrogens (tertiary/aromatic N) is 3. The summed E-state index contributed by atoms with van der Waals surface area (Å²) in [7, 11) is 3.24. The number of hydrogen-bond donors (Lipinski definition) is 0. The molecular formula is C14H16ClN3O3. The van der Waals surface area contributed by atoms with E-state index in [4.69, 9.17) is 16.0 Å². The fraction of sp³-hybridized carbons (Fsp3) is 0.357. The molecule has 1 aromatic carbocycles. The Kier molecular flexibility index (Phi) is 5.30. The van der Waals surface area contributed by atoms with Gasteiger partial charge in [-0.1, -0.05) is 11.6 Å². The van der Waals surface area contributed by atoms with Crippen molar-refractivity contribution in [2.45, 2.75) is 13.0 Å². The summed E-state index contributed by atoms with van der Waals surface area (Å²) in [5.74, 6) is 0.699. The highest BCUT2D eigenvalue weighted by atomic mass is 35.5. The average Bonchev–Trinajstić information content (AvgIpc) is 2.94. The number of rotatable bonds is 6. The molecule has 0 aliphatic heterocycles. The molecule has 2 aromatic rings. The lowest BCUT2D eigenvalue weighted by Crippen LogP contribution is -2.22.